The summed E-state index contributed by atoms with van der Waals surface area (Å²) in [6, 6.07) is 9.84. The molecule has 0 spiro atoms. The normalized spacial score (nSPS) is 11.5. The Morgan fingerprint density at radius 1 is 0.957 bits per heavy atom. The van der Waals surface area contributed by atoms with Gasteiger partial charge in [-0.1, -0.05) is 18.2 Å². The van der Waals surface area contributed by atoms with Crippen molar-refractivity contribution in [2.24, 2.45) is 4.99 Å². The third kappa shape index (κ3) is 4.02. The van der Waals surface area contributed by atoms with Crippen LogP contribution in [0.1, 0.15) is 0 Å². The Labute approximate surface area is 131 Å². The molecule has 0 atom stereocenters. The standard InChI is InChI=1S/C13H9NO7S2/c15-9-14-12-8-11(22(16,17)18)6-7-13(12)21-23(19,20)10-4-2-1-3-5-10/h1-8H,(H,16,17,18). The van der Waals surface area contributed by atoms with Crippen molar-refractivity contribution >= 4 is 32.0 Å². The fourth-order valence-corrected chi connectivity index (χ4v) is 3.08. The lowest BCUT2D eigenvalue weighted by Crippen LogP contribution is -2.10. The Balaban J connectivity index is 2.50. The monoisotopic (exact) mass is 355 g/mol. The number of nitrogens with zero attached hydrogens (tertiary/aromatic N) is 1. The highest BCUT2D eigenvalue weighted by molar-refractivity contribution is 7.87. The van der Waals surface area contributed by atoms with Crippen molar-refractivity contribution in [2.45, 2.75) is 9.79 Å². The first-order chi connectivity index (χ1) is 10.7. The summed E-state index contributed by atoms with van der Waals surface area (Å²) in [5.74, 6) is -0.385. The molecule has 120 valence electrons. The van der Waals surface area contributed by atoms with Crippen LogP contribution in [-0.4, -0.2) is 27.5 Å². The number of aliphatic imine (C=N–C) groups is 1. The Bertz CT molecular complexity index is 976. The van der Waals surface area contributed by atoms with Crippen molar-refractivity contribution < 1.29 is 30.4 Å². The Kier molecular flexibility index (Phi) is 4.62. The highest BCUT2D eigenvalue weighted by atomic mass is 32.2. The fourth-order valence-electron chi connectivity index (χ4n) is 1.62. The zero-order chi connectivity index (χ0) is 17.1. The number of rotatable bonds is 5. The lowest BCUT2D eigenvalue weighted by Gasteiger charge is -2.09. The molecule has 0 bridgehead atoms. The molecule has 0 aliphatic rings. The van der Waals surface area contributed by atoms with Gasteiger partial charge in [-0.25, -0.2) is 4.79 Å². The summed E-state index contributed by atoms with van der Waals surface area (Å²) in [5, 5.41) is 0. The van der Waals surface area contributed by atoms with E-state index in [4.69, 9.17) is 8.74 Å². The molecule has 2 aromatic carbocycles. The second kappa shape index (κ2) is 6.31. The molecule has 1 N–H and O–H groups in total. The van der Waals surface area contributed by atoms with Crippen LogP contribution < -0.4 is 4.18 Å². The summed E-state index contributed by atoms with van der Waals surface area (Å²) in [5.41, 5.74) is -0.408. The van der Waals surface area contributed by atoms with E-state index in [2.05, 4.69) is 4.99 Å². The summed E-state index contributed by atoms with van der Waals surface area (Å²) >= 11 is 0. The minimum Gasteiger partial charge on any atom is -0.377 e. The zero-order valence-corrected chi connectivity index (χ0v) is 12.9. The number of isocyanates is 1. The van der Waals surface area contributed by atoms with Gasteiger partial charge >= 0.3 is 10.1 Å². The average molecular weight is 355 g/mol. The molecule has 0 heterocycles. The molecule has 0 aromatic heterocycles. The molecule has 0 amide bonds. The van der Waals surface area contributed by atoms with Crippen molar-refractivity contribution in [3.8, 4) is 5.75 Å². The third-order valence-corrected chi connectivity index (χ3v) is 4.72. The zero-order valence-electron chi connectivity index (χ0n) is 11.3. The predicted molar refractivity (Wildman–Crippen MR) is 78.3 cm³/mol. The highest BCUT2D eigenvalue weighted by Crippen LogP contribution is 2.32. The smallest absolute Gasteiger partial charge is 0.339 e. The van der Waals surface area contributed by atoms with Crippen molar-refractivity contribution in [1.82, 2.24) is 0 Å². The summed E-state index contributed by atoms with van der Waals surface area (Å²) in [6.07, 6.45) is 1.15. The van der Waals surface area contributed by atoms with Gasteiger partial charge in [0.25, 0.3) is 10.1 Å². The first kappa shape index (κ1) is 16.8. The van der Waals surface area contributed by atoms with Gasteiger partial charge in [0.1, 0.15) is 10.6 Å². The third-order valence-electron chi connectivity index (χ3n) is 2.63. The predicted octanol–water partition coefficient (Wildman–Crippen LogP) is 1.67. The summed E-state index contributed by atoms with van der Waals surface area (Å²) in [4.78, 5) is 12.9. The van der Waals surface area contributed by atoms with E-state index in [1.165, 1.54) is 24.3 Å². The van der Waals surface area contributed by atoms with Crippen molar-refractivity contribution in [2.75, 3.05) is 0 Å². The molecule has 0 radical (unpaired) electrons. The molecule has 2 rings (SSSR count). The number of hydrogen-bond donors (Lipinski definition) is 1. The number of benzene rings is 2. The molecule has 23 heavy (non-hydrogen) atoms. The lowest BCUT2D eigenvalue weighted by atomic mass is 10.3. The van der Waals surface area contributed by atoms with E-state index in [0.29, 0.717) is 0 Å². The molecular weight excluding hydrogens is 346 g/mol. The van der Waals surface area contributed by atoms with Crippen LogP contribution in [0.2, 0.25) is 0 Å². The van der Waals surface area contributed by atoms with Crippen LogP contribution in [0.5, 0.6) is 5.75 Å². The van der Waals surface area contributed by atoms with Crippen LogP contribution in [0.15, 0.2) is 63.3 Å². The number of hydrogen-bond acceptors (Lipinski definition) is 7. The van der Waals surface area contributed by atoms with Crippen LogP contribution >= 0.6 is 0 Å². The van der Waals surface area contributed by atoms with E-state index < -0.39 is 30.8 Å². The molecule has 0 saturated carbocycles. The molecule has 8 nitrogen and oxygen atoms in total. The van der Waals surface area contributed by atoms with E-state index in [0.717, 1.165) is 24.3 Å². The second-order valence-corrected chi connectivity index (χ2v) is 7.13. The van der Waals surface area contributed by atoms with Gasteiger partial charge in [0.15, 0.2) is 5.75 Å². The molecule has 0 fully saturated rings. The quantitative estimate of drug-likeness (QED) is 0.374. The first-order valence-electron chi connectivity index (χ1n) is 5.93. The van der Waals surface area contributed by atoms with Crippen LogP contribution in [0.25, 0.3) is 0 Å². The van der Waals surface area contributed by atoms with E-state index >= 15 is 0 Å². The Morgan fingerprint density at radius 2 is 1.61 bits per heavy atom. The number of carbonyl (C=O) groups excluding carboxylic acids is 1. The van der Waals surface area contributed by atoms with Gasteiger partial charge in [-0.15, -0.1) is 0 Å². The maximum absolute atomic E-state index is 12.1. The lowest BCUT2D eigenvalue weighted by molar-refractivity contribution is 0.482. The molecule has 0 aliphatic heterocycles. The minimum atomic E-state index is -4.55. The van der Waals surface area contributed by atoms with Gasteiger partial charge in [-0.3, -0.25) is 4.55 Å². The topological polar surface area (TPSA) is 127 Å². The van der Waals surface area contributed by atoms with Crippen molar-refractivity contribution in [3.63, 3.8) is 0 Å². The summed E-state index contributed by atoms with van der Waals surface area (Å²) < 4.78 is 60.2. The van der Waals surface area contributed by atoms with Crippen LogP contribution in [0.3, 0.4) is 0 Å². The van der Waals surface area contributed by atoms with E-state index in [1.54, 1.807) is 6.07 Å². The maximum Gasteiger partial charge on any atom is 0.339 e. The first-order valence-corrected chi connectivity index (χ1v) is 8.78. The Hall–Kier alpha value is -2.52. The van der Waals surface area contributed by atoms with E-state index in [9.17, 15) is 21.6 Å². The van der Waals surface area contributed by atoms with Crippen molar-refractivity contribution in [1.29, 1.82) is 0 Å². The highest BCUT2D eigenvalue weighted by Gasteiger charge is 2.20. The Morgan fingerprint density at radius 3 is 2.17 bits per heavy atom. The van der Waals surface area contributed by atoms with Gasteiger partial charge < -0.3 is 4.18 Å². The van der Waals surface area contributed by atoms with Crippen LogP contribution in [0.4, 0.5) is 5.69 Å². The van der Waals surface area contributed by atoms with Gasteiger partial charge in [0.2, 0.25) is 6.08 Å². The van der Waals surface area contributed by atoms with E-state index in [-0.39, 0.29) is 10.6 Å². The summed E-state index contributed by atoms with van der Waals surface area (Å²) in [7, 11) is -8.76. The van der Waals surface area contributed by atoms with Crippen LogP contribution in [0, 0.1) is 0 Å². The van der Waals surface area contributed by atoms with Gasteiger partial charge in [-0.05, 0) is 30.3 Å². The SMILES string of the molecule is O=C=Nc1cc(S(=O)(=O)O)ccc1OS(=O)(=O)c1ccccc1. The van der Waals surface area contributed by atoms with Crippen molar-refractivity contribution in [3.05, 3.63) is 48.5 Å². The van der Waals surface area contributed by atoms with Crippen LogP contribution in [-0.2, 0) is 25.0 Å². The fraction of sp³-hybridized carbons (Fsp3) is 0. The van der Waals surface area contributed by atoms with Gasteiger partial charge in [0.05, 0.1) is 4.90 Å². The molecule has 2 aromatic rings. The largest absolute Gasteiger partial charge is 0.377 e. The molecule has 0 unspecified atom stereocenters. The summed E-state index contributed by atoms with van der Waals surface area (Å²) in [6.45, 7) is 0. The minimum absolute atomic E-state index is 0.139. The van der Waals surface area contributed by atoms with Gasteiger partial charge in [0, 0.05) is 0 Å². The van der Waals surface area contributed by atoms with Gasteiger partial charge in [-0.2, -0.15) is 21.8 Å². The average Bonchev–Trinajstić information content (AvgIpc) is 2.49. The maximum atomic E-state index is 12.1. The molecule has 10 heteroatoms. The molecular formula is C13H9NO7S2. The van der Waals surface area contributed by atoms with E-state index in [1.807, 2.05) is 0 Å². The molecule has 0 aliphatic carbocycles. The second-order valence-electron chi connectivity index (χ2n) is 4.16. The molecule has 0 saturated heterocycles.